The highest BCUT2D eigenvalue weighted by atomic mass is 79.9. The molecule has 0 atom stereocenters. The average Bonchev–Trinajstić information content (AvgIpc) is 2.30. The number of rotatable bonds is 3. The van der Waals surface area contributed by atoms with Gasteiger partial charge in [0.2, 0.25) is 5.78 Å². The smallest absolute Gasteiger partial charge is 0.211 e. The molecule has 0 aliphatic carbocycles. The Kier molecular flexibility index (Phi) is 4.44. The molecule has 0 saturated carbocycles. The summed E-state index contributed by atoms with van der Waals surface area (Å²) < 4.78 is 6.26. The van der Waals surface area contributed by atoms with E-state index in [1.807, 2.05) is 24.3 Å². The number of Topliss-reactive ketones (excluding diaryl/α,β-unsaturated/α-hetero) is 1. The normalized spacial score (nSPS) is 17.3. The molecule has 0 unspecified atom stereocenters. The van der Waals surface area contributed by atoms with E-state index in [-0.39, 0.29) is 16.7 Å². The van der Waals surface area contributed by atoms with Gasteiger partial charge in [-0.15, -0.1) is 0 Å². The molecule has 1 saturated heterocycles. The molecule has 0 amide bonds. The van der Waals surface area contributed by atoms with Gasteiger partial charge in [0.1, 0.15) is 11.5 Å². The Bertz CT molecular complexity index is 375. The molecule has 1 aliphatic rings. The molecule has 0 N–H and O–H groups in total. The van der Waals surface area contributed by atoms with Gasteiger partial charge in [0.05, 0.1) is 13.2 Å². The topological polar surface area (TPSA) is 26.3 Å². The minimum absolute atomic E-state index is 0.228. The first kappa shape index (κ1) is 12.1. The van der Waals surface area contributed by atoms with Crippen LogP contribution >= 0.6 is 15.9 Å². The number of carbonyl (C=O) groups excluding carboxylic acids is 1. The van der Waals surface area contributed by atoms with E-state index in [9.17, 15) is 4.79 Å². The van der Waals surface area contributed by atoms with Gasteiger partial charge in [-0.1, -0.05) is 28.1 Å². The van der Waals surface area contributed by atoms with Crippen LogP contribution in [-0.2, 0) is 15.6 Å². The molecule has 1 aliphatic heterocycles. The Morgan fingerprint density at radius 3 is 2.81 bits per heavy atom. The first-order valence-corrected chi connectivity index (χ1v) is 7.79. The summed E-state index contributed by atoms with van der Waals surface area (Å²) in [6.07, 6.45) is 0. The molecule has 1 heterocycles. The summed E-state index contributed by atoms with van der Waals surface area (Å²) in [7, 11) is 0.228. The zero-order valence-corrected chi connectivity index (χ0v) is 11.4. The number of carbonyl (C=O) groups is 1. The third-order valence-electron chi connectivity index (χ3n) is 2.51. The molecule has 2 nitrogen and oxygen atoms in total. The monoisotopic (exact) mass is 301 g/mol. The molecule has 0 radical (unpaired) electrons. The van der Waals surface area contributed by atoms with Crippen molar-refractivity contribution >= 4 is 32.6 Å². The van der Waals surface area contributed by atoms with E-state index in [0.717, 1.165) is 34.8 Å². The van der Waals surface area contributed by atoms with E-state index in [1.54, 1.807) is 0 Å². The van der Waals surface area contributed by atoms with E-state index < -0.39 is 0 Å². The zero-order valence-electron chi connectivity index (χ0n) is 8.95. The average molecular weight is 302 g/mol. The van der Waals surface area contributed by atoms with Crippen LogP contribution in [0.5, 0.6) is 0 Å². The van der Waals surface area contributed by atoms with Crippen molar-refractivity contribution in [1.82, 2.24) is 0 Å². The Morgan fingerprint density at radius 1 is 1.38 bits per heavy atom. The van der Waals surface area contributed by atoms with Gasteiger partial charge in [0, 0.05) is 20.9 Å². The molecule has 86 valence electrons. The van der Waals surface area contributed by atoms with E-state index in [1.165, 1.54) is 0 Å². The first-order chi connectivity index (χ1) is 7.75. The van der Waals surface area contributed by atoms with Crippen LogP contribution in [0, 0.1) is 0 Å². The molecule has 0 aromatic heterocycles. The van der Waals surface area contributed by atoms with Crippen LogP contribution in [-0.4, -0.2) is 36.3 Å². The standard InChI is InChI=1S/C12H14BrO2S/c13-11-3-1-2-10(8-11)12(14)9-16-6-4-15-5-7-16/h1-3,8H,4-7,9H2/q+1. The molecule has 4 heteroatoms. The van der Waals surface area contributed by atoms with E-state index in [2.05, 4.69) is 15.9 Å². The Hall–Kier alpha value is -0.320. The number of benzene rings is 1. The number of hydrogen-bond donors (Lipinski definition) is 0. The molecule has 1 fully saturated rings. The van der Waals surface area contributed by atoms with Crippen LogP contribution < -0.4 is 0 Å². The molecule has 0 spiro atoms. The minimum atomic E-state index is 0.228. The predicted octanol–water partition coefficient (Wildman–Crippen LogP) is 2.28. The Balaban J connectivity index is 1.97. The van der Waals surface area contributed by atoms with Crippen LogP contribution in [0.2, 0.25) is 0 Å². The largest absolute Gasteiger partial charge is 0.372 e. The van der Waals surface area contributed by atoms with Gasteiger partial charge in [-0.3, -0.25) is 4.79 Å². The summed E-state index contributed by atoms with van der Waals surface area (Å²) in [6.45, 7) is 1.63. The van der Waals surface area contributed by atoms with Gasteiger partial charge >= 0.3 is 0 Å². The summed E-state index contributed by atoms with van der Waals surface area (Å²) in [5, 5.41) is 0. The highest BCUT2D eigenvalue weighted by Crippen LogP contribution is 2.14. The second kappa shape index (κ2) is 5.84. The fourth-order valence-electron chi connectivity index (χ4n) is 1.63. The molecule has 2 rings (SSSR count). The maximum absolute atomic E-state index is 12.0. The first-order valence-electron chi connectivity index (χ1n) is 5.26. The van der Waals surface area contributed by atoms with Gasteiger partial charge in [0.15, 0.2) is 5.75 Å². The number of ketones is 1. The zero-order chi connectivity index (χ0) is 11.4. The fourth-order valence-corrected chi connectivity index (χ4v) is 3.77. The second-order valence-corrected chi connectivity index (χ2v) is 6.96. The molecule has 0 bridgehead atoms. The summed E-state index contributed by atoms with van der Waals surface area (Å²) in [6, 6.07) is 7.63. The van der Waals surface area contributed by atoms with Crippen molar-refractivity contribution < 1.29 is 9.53 Å². The quantitative estimate of drug-likeness (QED) is 0.632. The van der Waals surface area contributed by atoms with Gasteiger partial charge in [0.25, 0.3) is 0 Å². The molecule has 16 heavy (non-hydrogen) atoms. The SMILES string of the molecule is O=C(C[S+]1CCOCC1)c1cccc(Br)c1. The third-order valence-corrected chi connectivity index (χ3v) is 5.17. The second-order valence-electron chi connectivity index (χ2n) is 3.71. The molecule has 1 aromatic carbocycles. The highest BCUT2D eigenvalue weighted by Gasteiger charge is 2.26. The maximum Gasteiger partial charge on any atom is 0.211 e. The Labute approximate surface area is 107 Å². The van der Waals surface area contributed by atoms with Crippen LogP contribution in [0.4, 0.5) is 0 Å². The van der Waals surface area contributed by atoms with Gasteiger partial charge < -0.3 is 4.74 Å². The lowest BCUT2D eigenvalue weighted by Crippen LogP contribution is -2.31. The number of ether oxygens (including phenoxy) is 1. The van der Waals surface area contributed by atoms with Crippen molar-refractivity contribution in [3.8, 4) is 0 Å². The van der Waals surface area contributed by atoms with Crippen molar-refractivity contribution in [2.45, 2.75) is 0 Å². The highest BCUT2D eigenvalue weighted by molar-refractivity contribution is 9.10. The van der Waals surface area contributed by atoms with E-state index in [4.69, 9.17) is 4.74 Å². The summed E-state index contributed by atoms with van der Waals surface area (Å²) in [4.78, 5) is 12.0. The molecule has 1 aromatic rings. The summed E-state index contributed by atoms with van der Waals surface area (Å²) in [5.74, 6) is 3.02. The van der Waals surface area contributed by atoms with Gasteiger partial charge in [-0.25, -0.2) is 0 Å². The van der Waals surface area contributed by atoms with Crippen LogP contribution in [0.25, 0.3) is 0 Å². The predicted molar refractivity (Wildman–Crippen MR) is 71.3 cm³/mol. The fraction of sp³-hybridized carbons (Fsp3) is 0.417. The van der Waals surface area contributed by atoms with E-state index in [0.29, 0.717) is 5.75 Å². The molecular weight excluding hydrogens is 288 g/mol. The number of halogens is 1. The molecular formula is C12H14BrO2S+. The van der Waals surface area contributed by atoms with Crippen LogP contribution in [0.1, 0.15) is 10.4 Å². The Morgan fingerprint density at radius 2 is 2.12 bits per heavy atom. The van der Waals surface area contributed by atoms with Crippen molar-refractivity contribution in [1.29, 1.82) is 0 Å². The third kappa shape index (κ3) is 3.34. The van der Waals surface area contributed by atoms with Crippen molar-refractivity contribution in [2.24, 2.45) is 0 Å². The van der Waals surface area contributed by atoms with Gasteiger partial charge in [-0.2, -0.15) is 0 Å². The summed E-state index contributed by atoms with van der Waals surface area (Å²) >= 11 is 3.39. The summed E-state index contributed by atoms with van der Waals surface area (Å²) in [5.41, 5.74) is 0.813. The number of hydrogen-bond acceptors (Lipinski definition) is 2. The van der Waals surface area contributed by atoms with Crippen molar-refractivity contribution in [3.05, 3.63) is 34.3 Å². The van der Waals surface area contributed by atoms with Crippen LogP contribution in [0.15, 0.2) is 28.7 Å². The lowest BCUT2D eigenvalue weighted by Gasteiger charge is -2.13. The lowest BCUT2D eigenvalue weighted by molar-refractivity contribution is 0.102. The van der Waals surface area contributed by atoms with Gasteiger partial charge in [-0.05, 0) is 12.1 Å². The lowest BCUT2D eigenvalue weighted by atomic mass is 10.2. The minimum Gasteiger partial charge on any atom is -0.372 e. The van der Waals surface area contributed by atoms with Crippen molar-refractivity contribution in [3.63, 3.8) is 0 Å². The van der Waals surface area contributed by atoms with E-state index >= 15 is 0 Å². The van der Waals surface area contributed by atoms with Crippen molar-refractivity contribution in [2.75, 3.05) is 30.5 Å². The maximum atomic E-state index is 12.0. The van der Waals surface area contributed by atoms with Crippen LogP contribution in [0.3, 0.4) is 0 Å².